The average molecular weight is 223 g/mol. The van der Waals surface area contributed by atoms with Crippen molar-refractivity contribution >= 4 is 11.5 Å². The van der Waals surface area contributed by atoms with E-state index in [1.807, 2.05) is 0 Å². The Morgan fingerprint density at radius 2 is 2.50 bits per heavy atom. The molecule has 6 heteroatoms. The Labute approximate surface area is 92.8 Å². The molecule has 1 aromatic heterocycles. The lowest BCUT2D eigenvalue weighted by Gasteiger charge is -2.11. The maximum absolute atomic E-state index is 10.8. The van der Waals surface area contributed by atoms with E-state index in [0.29, 0.717) is 19.0 Å². The van der Waals surface area contributed by atoms with E-state index < -0.39 is 4.92 Å². The summed E-state index contributed by atoms with van der Waals surface area (Å²) in [5, 5.41) is 13.9. The highest BCUT2D eigenvalue weighted by Crippen LogP contribution is 2.24. The molecule has 0 bridgehead atoms. The van der Waals surface area contributed by atoms with Crippen LogP contribution in [-0.2, 0) is 4.74 Å². The topological polar surface area (TPSA) is 77.3 Å². The summed E-state index contributed by atoms with van der Waals surface area (Å²) >= 11 is 0. The van der Waals surface area contributed by atoms with E-state index in [1.165, 1.54) is 6.07 Å². The van der Waals surface area contributed by atoms with Crippen molar-refractivity contribution in [1.29, 1.82) is 0 Å². The summed E-state index contributed by atoms with van der Waals surface area (Å²) in [4.78, 5) is 14.5. The van der Waals surface area contributed by atoms with E-state index in [9.17, 15) is 10.1 Å². The molecule has 16 heavy (non-hydrogen) atoms. The summed E-state index contributed by atoms with van der Waals surface area (Å²) in [6, 6.07) is 1.64. The molecular weight excluding hydrogens is 210 g/mol. The molecule has 1 aliphatic rings. The van der Waals surface area contributed by atoms with Crippen LogP contribution in [0.4, 0.5) is 11.5 Å². The predicted octanol–water partition coefficient (Wildman–Crippen LogP) is 1.50. The minimum absolute atomic E-state index is 0.0203. The van der Waals surface area contributed by atoms with Gasteiger partial charge in [-0.25, -0.2) is 4.98 Å². The largest absolute Gasteiger partial charge is 0.379 e. The third-order valence-corrected chi connectivity index (χ3v) is 2.47. The molecule has 1 aliphatic heterocycles. The van der Waals surface area contributed by atoms with E-state index in [2.05, 4.69) is 10.3 Å². The second-order valence-electron chi connectivity index (χ2n) is 3.84. The Morgan fingerprint density at radius 3 is 3.12 bits per heavy atom. The zero-order chi connectivity index (χ0) is 11.5. The van der Waals surface area contributed by atoms with Gasteiger partial charge >= 0.3 is 5.69 Å². The monoisotopic (exact) mass is 223 g/mol. The zero-order valence-corrected chi connectivity index (χ0v) is 8.97. The zero-order valence-electron chi connectivity index (χ0n) is 8.97. The molecule has 2 rings (SSSR count). The van der Waals surface area contributed by atoms with Crippen LogP contribution in [0, 0.1) is 17.0 Å². The lowest BCUT2D eigenvalue weighted by molar-refractivity contribution is -0.384. The molecule has 0 saturated carbocycles. The Balaban J connectivity index is 2.21. The Bertz CT molecular complexity index is 402. The fraction of sp³-hybridized carbons (Fsp3) is 0.500. The minimum Gasteiger partial charge on any atom is -0.379 e. The third kappa shape index (κ3) is 2.27. The SMILES string of the molecule is Cc1cnc(NC2CCOC2)c([N+](=O)[O-])c1. The van der Waals surface area contributed by atoms with Gasteiger partial charge in [0.15, 0.2) is 0 Å². The van der Waals surface area contributed by atoms with Crippen LogP contribution in [0.15, 0.2) is 12.3 Å². The second-order valence-corrected chi connectivity index (χ2v) is 3.84. The Morgan fingerprint density at radius 1 is 1.69 bits per heavy atom. The lowest BCUT2D eigenvalue weighted by atomic mass is 10.2. The summed E-state index contributed by atoms with van der Waals surface area (Å²) < 4.78 is 5.19. The van der Waals surface area contributed by atoms with E-state index in [1.54, 1.807) is 13.1 Å². The number of aromatic nitrogens is 1. The van der Waals surface area contributed by atoms with Crippen LogP contribution in [0.2, 0.25) is 0 Å². The first-order valence-corrected chi connectivity index (χ1v) is 5.12. The number of pyridine rings is 1. The predicted molar refractivity (Wildman–Crippen MR) is 58.5 cm³/mol. The number of anilines is 1. The van der Waals surface area contributed by atoms with Crippen molar-refractivity contribution in [3.8, 4) is 0 Å². The molecule has 0 radical (unpaired) electrons. The van der Waals surface area contributed by atoms with E-state index >= 15 is 0 Å². The molecule has 2 heterocycles. The van der Waals surface area contributed by atoms with Gasteiger partial charge < -0.3 is 10.1 Å². The molecule has 0 aliphatic carbocycles. The van der Waals surface area contributed by atoms with Gasteiger partial charge in [-0.1, -0.05) is 0 Å². The number of aryl methyl sites for hydroxylation is 1. The van der Waals surface area contributed by atoms with Crippen molar-refractivity contribution in [2.45, 2.75) is 19.4 Å². The summed E-state index contributed by atoms with van der Waals surface area (Å²) in [5.41, 5.74) is 0.798. The molecule has 6 nitrogen and oxygen atoms in total. The van der Waals surface area contributed by atoms with Gasteiger partial charge in [-0.15, -0.1) is 0 Å². The van der Waals surface area contributed by atoms with Crippen molar-refractivity contribution in [3.05, 3.63) is 27.9 Å². The second kappa shape index (κ2) is 4.44. The fourth-order valence-electron chi connectivity index (χ4n) is 1.65. The quantitative estimate of drug-likeness (QED) is 0.620. The molecule has 1 N–H and O–H groups in total. The number of hydrogen-bond acceptors (Lipinski definition) is 5. The van der Waals surface area contributed by atoms with Gasteiger partial charge in [0.2, 0.25) is 5.82 Å². The van der Waals surface area contributed by atoms with Gasteiger partial charge in [-0.05, 0) is 18.9 Å². The molecule has 1 fully saturated rings. The molecular formula is C10H13N3O3. The standard InChI is InChI=1S/C10H13N3O3/c1-7-4-9(13(14)15)10(11-5-7)12-8-2-3-16-6-8/h4-5,8H,2-3,6H2,1H3,(H,11,12). The van der Waals surface area contributed by atoms with Crippen molar-refractivity contribution in [2.24, 2.45) is 0 Å². The number of ether oxygens (including phenoxy) is 1. The van der Waals surface area contributed by atoms with Crippen molar-refractivity contribution in [3.63, 3.8) is 0 Å². The van der Waals surface area contributed by atoms with Gasteiger partial charge in [-0.3, -0.25) is 10.1 Å². The molecule has 1 atom stereocenters. The highest BCUT2D eigenvalue weighted by Gasteiger charge is 2.21. The van der Waals surface area contributed by atoms with E-state index in [0.717, 1.165) is 12.0 Å². The van der Waals surface area contributed by atoms with Gasteiger partial charge in [0.1, 0.15) is 0 Å². The maximum Gasteiger partial charge on any atom is 0.311 e. The van der Waals surface area contributed by atoms with E-state index in [-0.39, 0.29) is 11.7 Å². The normalized spacial score (nSPS) is 19.7. The van der Waals surface area contributed by atoms with Crippen molar-refractivity contribution in [1.82, 2.24) is 4.98 Å². The van der Waals surface area contributed by atoms with Crippen LogP contribution in [0.25, 0.3) is 0 Å². The van der Waals surface area contributed by atoms with Gasteiger partial charge in [0, 0.05) is 18.9 Å². The summed E-state index contributed by atoms with van der Waals surface area (Å²) in [6.07, 6.45) is 2.47. The molecule has 1 saturated heterocycles. The number of nitrogens with one attached hydrogen (secondary N) is 1. The smallest absolute Gasteiger partial charge is 0.311 e. The summed E-state index contributed by atoms with van der Waals surface area (Å²) in [7, 11) is 0. The summed E-state index contributed by atoms with van der Waals surface area (Å²) in [6.45, 7) is 3.05. The van der Waals surface area contributed by atoms with Gasteiger partial charge in [0.25, 0.3) is 0 Å². The Kier molecular flexibility index (Phi) is 3.00. The van der Waals surface area contributed by atoms with Crippen LogP contribution in [-0.4, -0.2) is 29.2 Å². The number of nitro groups is 1. The molecule has 0 amide bonds. The van der Waals surface area contributed by atoms with Crippen LogP contribution < -0.4 is 5.32 Å². The number of nitrogens with zero attached hydrogens (tertiary/aromatic N) is 2. The van der Waals surface area contributed by atoms with Gasteiger partial charge in [-0.2, -0.15) is 0 Å². The fourth-order valence-corrected chi connectivity index (χ4v) is 1.65. The molecule has 0 spiro atoms. The highest BCUT2D eigenvalue weighted by molar-refractivity contribution is 5.57. The molecule has 1 unspecified atom stereocenters. The van der Waals surface area contributed by atoms with Crippen LogP contribution >= 0.6 is 0 Å². The maximum atomic E-state index is 10.8. The van der Waals surface area contributed by atoms with Crippen molar-refractivity contribution in [2.75, 3.05) is 18.5 Å². The van der Waals surface area contributed by atoms with Crippen LogP contribution in [0.5, 0.6) is 0 Å². The highest BCUT2D eigenvalue weighted by atomic mass is 16.6. The molecule has 86 valence electrons. The first-order valence-electron chi connectivity index (χ1n) is 5.12. The number of hydrogen-bond donors (Lipinski definition) is 1. The first-order chi connectivity index (χ1) is 7.66. The average Bonchev–Trinajstić information content (AvgIpc) is 2.73. The molecule has 1 aromatic rings. The third-order valence-electron chi connectivity index (χ3n) is 2.47. The number of rotatable bonds is 3. The van der Waals surface area contributed by atoms with Crippen molar-refractivity contribution < 1.29 is 9.66 Å². The lowest BCUT2D eigenvalue weighted by Crippen LogP contribution is -2.20. The Hall–Kier alpha value is -1.69. The van der Waals surface area contributed by atoms with Crippen LogP contribution in [0.1, 0.15) is 12.0 Å². The minimum atomic E-state index is -0.419. The van der Waals surface area contributed by atoms with E-state index in [4.69, 9.17) is 4.74 Å². The summed E-state index contributed by atoms with van der Waals surface area (Å²) in [5.74, 6) is 0.325. The van der Waals surface area contributed by atoms with Gasteiger partial charge in [0.05, 0.1) is 17.6 Å². The molecule has 0 aromatic carbocycles. The first kappa shape index (κ1) is 10.8. The van der Waals surface area contributed by atoms with Crippen LogP contribution in [0.3, 0.4) is 0 Å².